The molecule has 2 aromatic carbocycles. The van der Waals surface area contributed by atoms with Gasteiger partial charge in [-0.05, 0) is 29.3 Å². The molecule has 3 N–H and O–H groups in total. The predicted molar refractivity (Wildman–Crippen MR) is 89.7 cm³/mol. The highest BCUT2D eigenvalue weighted by Gasteiger charge is 2.22. The first kappa shape index (κ1) is 15.1. The Hall–Kier alpha value is -1.32. The fourth-order valence-corrected chi connectivity index (χ4v) is 3.08. The summed E-state index contributed by atoms with van der Waals surface area (Å²) in [5.41, 5.74) is 9.15. The highest BCUT2D eigenvalue weighted by atomic mass is 79.9. The number of rotatable bonds is 5. The van der Waals surface area contributed by atoms with Crippen LogP contribution in [0.3, 0.4) is 0 Å². The SMILES string of the molecule is CC(C)(CNCc1ccc(N)cc1)c1ccccc1Br. The molecule has 0 radical (unpaired) electrons. The highest BCUT2D eigenvalue weighted by Crippen LogP contribution is 2.29. The number of nitrogen functional groups attached to an aromatic ring is 1. The van der Waals surface area contributed by atoms with Crippen LogP contribution in [-0.2, 0) is 12.0 Å². The third kappa shape index (κ3) is 3.84. The van der Waals surface area contributed by atoms with Gasteiger partial charge >= 0.3 is 0 Å². The summed E-state index contributed by atoms with van der Waals surface area (Å²) in [5.74, 6) is 0. The molecule has 0 spiro atoms. The minimum absolute atomic E-state index is 0.0773. The number of anilines is 1. The van der Waals surface area contributed by atoms with E-state index < -0.39 is 0 Å². The van der Waals surface area contributed by atoms with Crippen molar-refractivity contribution in [1.29, 1.82) is 0 Å². The molecule has 0 amide bonds. The van der Waals surface area contributed by atoms with Crippen molar-refractivity contribution in [2.24, 2.45) is 0 Å². The van der Waals surface area contributed by atoms with E-state index in [0.717, 1.165) is 18.8 Å². The zero-order valence-electron chi connectivity index (χ0n) is 12.0. The summed E-state index contributed by atoms with van der Waals surface area (Å²) in [6, 6.07) is 16.4. The van der Waals surface area contributed by atoms with E-state index in [-0.39, 0.29) is 5.41 Å². The lowest BCUT2D eigenvalue weighted by Crippen LogP contribution is -2.32. The van der Waals surface area contributed by atoms with Gasteiger partial charge in [0, 0.05) is 28.7 Å². The maximum Gasteiger partial charge on any atom is 0.0314 e. The van der Waals surface area contributed by atoms with Crippen LogP contribution in [0.5, 0.6) is 0 Å². The van der Waals surface area contributed by atoms with Crippen LogP contribution in [0, 0.1) is 0 Å². The van der Waals surface area contributed by atoms with Gasteiger partial charge in [0.2, 0.25) is 0 Å². The number of nitrogens with two attached hydrogens (primary N) is 1. The molecule has 0 saturated heterocycles. The fourth-order valence-electron chi connectivity index (χ4n) is 2.26. The molecule has 0 aliphatic carbocycles. The number of halogens is 1. The third-order valence-corrected chi connectivity index (χ3v) is 4.17. The highest BCUT2D eigenvalue weighted by molar-refractivity contribution is 9.10. The Labute approximate surface area is 129 Å². The average molecular weight is 333 g/mol. The van der Waals surface area contributed by atoms with E-state index in [2.05, 4.69) is 65.4 Å². The molecule has 0 unspecified atom stereocenters. The molecule has 0 bridgehead atoms. The lowest BCUT2D eigenvalue weighted by atomic mass is 9.84. The van der Waals surface area contributed by atoms with Gasteiger partial charge in [0.1, 0.15) is 0 Å². The van der Waals surface area contributed by atoms with Crippen LogP contribution >= 0.6 is 15.9 Å². The standard InChI is InChI=1S/C17H21BrN2/c1-17(2,15-5-3-4-6-16(15)18)12-20-11-13-7-9-14(19)10-8-13/h3-10,20H,11-12,19H2,1-2H3. The van der Waals surface area contributed by atoms with E-state index in [0.29, 0.717) is 0 Å². The second-order valence-electron chi connectivity index (χ2n) is 5.71. The van der Waals surface area contributed by atoms with Gasteiger partial charge in [-0.1, -0.05) is 60.1 Å². The molecule has 2 aromatic rings. The number of hydrogen-bond acceptors (Lipinski definition) is 2. The van der Waals surface area contributed by atoms with Gasteiger partial charge in [0.05, 0.1) is 0 Å². The zero-order chi connectivity index (χ0) is 14.6. The van der Waals surface area contributed by atoms with Crippen molar-refractivity contribution in [1.82, 2.24) is 5.32 Å². The maximum absolute atomic E-state index is 5.69. The average Bonchev–Trinajstić information content (AvgIpc) is 2.41. The van der Waals surface area contributed by atoms with Gasteiger partial charge in [0.15, 0.2) is 0 Å². The van der Waals surface area contributed by atoms with Gasteiger partial charge in [-0.25, -0.2) is 0 Å². The van der Waals surface area contributed by atoms with E-state index in [1.165, 1.54) is 15.6 Å². The summed E-state index contributed by atoms with van der Waals surface area (Å²) in [7, 11) is 0. The van der Waals surface area contributed by atoms with Crippen LogP contribution in [0.4, 0.5) is 5.69 Å². The fraction of sp³-hybridized carbons (Fsp3) is 0.294. The smallest absolute Gasteiger partial charge is 0.0314 e. The van der Waals surface area contributed by atoms with E-state index in [1.807, 2.05) is 18.2 Å². The van der Waals surface area contributed by atoms with Crippen molar-refractivity contribution in [3.63, 3.8) is 0 Å². The molecule has 0 heterocycles. The third-order valence-electron chi connectivity index (χ3n) is 3.48. The molecular formula is C17H21BrN2. The molecule has 106 valence electrons. The van der Waals surface area contributed by atoms with Crippen molar-refractivity contribution in [2.75, 3.05) is 12.3 Å². The number of nitrogens with one attached hydrogen (secondary N) is 1. The molecular weight excluding hydrogens is 312 g/mol. The minimum atomic E-state index is 0.0773. The monoisotopic (exact) mass is 332 g/mol. The first-order valence-electron chi connectivity index (χ1n) is 6.79. The topological polar surface area (TPSA) is 38.0 Å². The first-order chi connectivity index (χ1) is 9.49. The Morgan fingerprint density at radius 2 is 1.70 bits per heavy atom. The summed E-state index contributed by atoms with van der Waals surface area (Å²) in [5, 5.41) is 3.53. The van der Waals surface area contributed by atoms with Gasteiger partial charge in [-0.2, -0.15) is 0 Å². The van der Waals surface area contributed by atoms with Gasteiger partial charge in [0.25, 0.3) is 0 Å². The molecule has 0 aliphatic heterocycles. The van der Waals surface area contributed by atoms with E-state index in [9.17, 15) is 0 Å². The molecule has 20 heavy (non-hydrogen) atoms. The Morgan fingerprint density at radius 1 is 1.05 bits per heavy atom. The largest absolute Gasteiger partial charge is 0.399 e. The van der Waals surface area contributed by atoms with Crippen molar-refractivity contribution < 1.29 is 0 Å². The second kappa shape index (κ2) is 6.42. The second-order valence-corrected chi connectivity index (χ2v) is 6.56. The molecule has 0 saturated carbocycles. The molecule has 2 nitrogen and oxygen atoms in total. The van der Waals surface area contributed by atoms with E-state index in [4.69, 9.17) is 5.73 Å². The Balaban J connectivity index is 1.96. The van der Waals surface area contributed by atoms with Crippen molar-refractivity contribution in [2.45, 2.75) is 25.8 Å². The van der Waals surface area contributed by atoms with Gasteiger partial charge in [-0.3, -0.25) is 0 Å². The maximum atomic E-state index is 5.69. The Morgan fingerprint density at radius 3 is 2.35 bits per heavy atom. The van der Waals surface area contributed by atoms with E-state index >= 15 is 0 Å². The van der Waals surface area contributed by atoms with Crippen LogP contribution in [0.25, 0.3) is 0 Å². The van der Waals surface area contributed by atoms with Gasteiger partial charge < -0.3 is 11.1 Å². The lowest BCUT2D eigenvalue weighted by Gasteiger charge is -2.27. The van der Waals surface area contributed by atoms with Crippen molar-refractivity contribution >= 4 is 21.6 Å². The van der Waals surface area contributed by atoms with Crippen LogP contribution in [0.15, 0.2) is 53.0 Å². The predicted octanol–water partition coefficient (Wildman–Crippen LogP) is 4.10. The van der Waals surface area contributed by atoms with Crippen molar-refractivity contribution in [3.8, 4) is 0 Å². The normalized spacial score (nSPS) is 11.6. The molecule has 2 rings (SSSR count). The molecule has 0 aliphatic rings. The van der Waals surface area contributed by atoms with Crippen LogP contribution in [0.2, 0.25) is 0 Å². The van der Waals surface area contributed by atoms with Crippen LogP contribution in [-0.4, -0.2) is 6.54 Å². The summed E-state index contributed by atoms with van der Waals surface area (Å²) < 4.78 is 1.17. The lowest BCUT2D eigenvalue weighted by molar-refractivity contribution is 0.467. The van der Waals surface area contributed by atoms with Crippen LogP contribution < -0.4 is 11.1 Å². The van der Waals surface area contributed by atoms with Crippen molar-refractivity contribution in [3.05, 3.63) is 64.1 Å². The van der Waals surface area contributed by atoms with E-state index in [1.54, 1.807) is 0 Å². The molecule has 0 atom stereocenters. The van der Waals surface area contributed by atoms with Crippen LogP contribution in [0.1, 0.15) is 25.0 Å². The zero-order valence-corrected chi connectivity index (χ0v) is 13.6. The summed E-state index contributed by atoms with van der Waals surface area (Å²) >= 11 is 3.64. The molecule has 0 aromatic heterocycles. The molecule has 0 fully saturated rings. The number of benzene rings is 2. The molecule has 3 heteroatoms. The Bertz CT molecular complexity index is 561. The van der Waals surface area contributed by atoms with Gasteiger partial charge in [-0.15, -0.1) is 0 Å². The summed E-state index contributed by atoms with van der Waals surface area (Å²) in [6.45, 7) is 6.28. The Kier molecular flexibility index (Phi) is 4.84. The quantitative estimate of drug-likeness (QED) is 0.809. The summed E-state index contributed by atoms with van der Waals surface area (Å²) in [4.78, 5) is 0. The number of hydrogen-bond donors (Lipinski definition) is 2. The minimum Gasteiger partial charge on any atom is -0.399 e. The summed E-state index contributed by atoms with van der Waals surface area (Å²) in [6.07, 6.45) is 0. The first-order valence-corrected chi connectivity index (χ1v) is 7.58.